The topological polar surface area (TPSA) is 84.2 Å². The third-order valence-corrected chi connectivity index (χ3v) is 2.47. The second-order valence-electron chi connectivity index (χ2n) is 4.19. The summed E-state index contributed by atoms with van der Waals surface area (Å²) >= 11 is 0. The van der Waals surface area contributed by atoms with Gasteiger partial charge in [0, 0.05) is 0 Å². The SMILES string of the molecule is CNC(C(=O)NC(C=O)CCCN)C(C)C. The molecule has 5 heteroatoms. The highest BCUT2D eigenvalue weighted by molar-refractivity contribution is 5.84. The molecule has 4 N–H and O–H groups in total. The number of hydrogen-bond donors (Lipinski definition) is 3. The molecule has 0 spiro atoms. The van der Waals surface area contributed by atoms with E-state index in [9.17, 15) is 9.59 Å². The molecule has 0 fully saturated rings. The largest absolute Gasteiger partial charge is 0.345 e. The minimum Gasteiger partial charge on any atom is -0.345 e. The lowest BCUT2D eigenvalue weighted by Gasteiger charge is -2.21. The monoisotopic (exact) mass is 229 g/mol. The Bertz CT molecular complexity index is 219. The van der Waals surface area contributed by atoms with Crippen molar-refractivity contribution in [3.05, 3.63) is 0 Å². The minimum absolute atomic E-state index is 0.133. The lowest BCUT2D eigenvalue weighted by Crippen LogP contribution is -2.49. The van der Waals surface area contributed by atoms with Crippen LogP contribution in [0.2, 0.25) is 0 Å². The van der Waals surface area contributed by atoms with Gasteiger partial charge >= 0.3 is 0 Å². The van der Waals surface area contributed by atoms with E-state index in [-0.39, 0.29) is 17.9 Å². The Hall–Kier alpha value is -0.940. The zero-order valence-corrected chi connectivity index (χ0v) is 10.3. The fraction of sp³-hybridized carbons (Fsp3) is 0.818. The molecule has 1 amide bonds. The molecule has 0 aromatic heterocycles. The number of rotatable bonds is 8. The van der Waals surface area contributed by atoms with Crippen LogP contribution in [0.4, 0.5) is 0 Å². The van der Waals surface area contributed by atoms with Crippen molar-refractivity contribution in [2.75, 3.05) is 13.6 Å². The molecular weight excluding hydrogens is 206 g/mol. The van der Waals surface area contributed by atoms with Crippen LogP contribution in [0.1, 0.15) is 26.7 Å². The Morgan fingerprint density at radius 3 is 2.44 bits per heavy atom. The normalized spacial score (nSPS) is 14.6. The van der Waals surface area contributed by atoms with Crippen LogP contribution in [-0.4, -0.2) is 37.9 Å². The third kappa shape index (κ3) is 5.23. The van der Waals surface area contributed by atoms with Crippen LogP contribution in [0.5, 0.6) is 0 Å². The van der Waals surface area contributed by atoms with Crippen molar-refractivity contribution in [2.45, 2.75) is 38.8 Å². The third-order valence-electron chi connectivity index (χ3n) is 2.47. The van der Waals surface area contributed by atoms with Crippen LogP contribution in [0.3, 0.4) is 0 Å². The number of amides is 1. The van der Waals surface area contributed by atoms with E-state index in [1.807, 2.05) is 13.8 Å². The van der Waals surface area contributed by atoms with Gasteiger partial charge in [0.05, 0.1) is 12.1 Å². The Labute approximate surface area is 97.2 Å². The summed E-state index contributed by atoms with van der Waals surface area (Å²) in [5.41, 5.74) is 5.36. The van der Waals surface area contributed by atoms with E-state index >= 15 is 0 Å². The summed E-state index contributed by atoms with van der Waals surface area (Å²) in [6.45, 7) is 4.44. The van der Waals surface area contributed by atoms with Gasteiger partial charge in [-0.05, 0) is 32.4 Å². The van der Waals surface area contributed by atoms with Crippen LogP contribution < -0.4 is 16.4 Å². The Morgan fingerprint density at radius 1 is 1.44 bits per heavy atom. The molecule has 0 bridgehead atoms. The van der Waals surface area contributed by atoms with Gasteiger partial charge in [0.1, 0.15) is 6.29 Å². The average Bonchev–Trinajstić information content (AvgIpc) is 2.24. The van der Waals surface area contributed by atoms with Crippen molar-refractivity contribution < 1.29 is 9.59 Å². The van der Waals surface area contributed by atoms with Gasteiger partial charge in [0.15, 0.2) is 0 Å². The van der Waals surface area contributed by atoms with Crippen molar-refractivity contribution in [3.8, 4) is 0 Å². The zero-order chi connectivity index (χ0) is 12.6. The molecule has 0 aliphatic heterocycles. The van der Waals surface area contributed by atoms with E-state index in [4.69, 9.17) is 5.73 Å². The maximum atomic E-state index is 11.8. The lowest BCUT2D eigenvalue weighted by molar-refractivity contribution is -0.126. The van der Waals surface area contributed by atoms with Gasteiger partial charge in [0.2, 0.25) is 5.91 Å². The van der Waals surface area contributed by atoms with Gasteiger partial charge in [-0.15, -0.1) is 0 Å². The molecule has 5 nitrogen and oxygen atoms in total. The fourth-order valence-electron chi connectivity index (χ4n) is 1.55. The van der Waals surface area contributed by atoms with E-state index in [1.165, 1.54) is 0 Å². The summed E-state index contributed by atoms with van der Waals surface area (Å²) in [4.78, 5) is 22.5. The van der Waals surface area contributed by atoms with Crippen molar-refractivity contribution in [3.63, 3.8) is 0 Å². The highest BCUT2D eigenvalue weighted by Crippen LogP contribution is 2.02. The van der Waals surface area contributed by atoms with Crippen molar-refractivity contribution >= 4 is 12.2 Å². The Balaban J connectivity index is 4.22. The summed E-state index contributed by atoms with van der Waals surface area (Å²) in [5, 5.41) is 5.64. The fourth-order valence-corrected chi connectivity index (χ4v) is 1.55. The molecule has 16 heavy (non-hydrogen) atoms. The molecule has 0 aromatic rings. The van der Waals surface area contributed by atoms with E-state index in [1.54, 1.807) is 7.05 Å². The Kier molecular flexibility index (Phi) is 7.76. The van der Waals surface area contributed by atoms with Crippen molar-refractivity contribution in [1.29, 1.82) is 0 Å². The van der Waals surface area contributed by atoms with Gasteiger partial charge < -0.3 is 21.2 Å². The van der Waals surface area contributed by atoms with E-state index < -0.39 is 6.04 Å². The molecular formula is C11H23N3O2. The Morgan fingerprint density at radius 2 is 2.06 bits per heavy atom. The lowest BCUT2D eigenvalue weighted by atomic mass is 10.0. The van der Waals surface area contributed by atoms with Gasteiger partial charge in [-0.2, -0.15) is 0 Å². The number of hydrogen-bond acceptors (Lipinski definition) is 4. The predicted molar refractivity (Wildman–Crippen MR) is 64.0 cm³/mol. The smallest absolute Gasteiger partial charge is 0.237 e. The molecule has 2 atom stereocenters. The highest BCUT2D eigenvalue weighted by Gasteiger charge is 2.22. The number of nitrogens with one attached hydrogen (secondary N) is 2. The quantitative estimate of drug-likeness (QED) is 0.497. The second kappa shape index (κ2) is 8.24. The summed E-state index contributed by atoms with van der Waals surface area (Å²) < 4.78 is 0. The first-order chi connectivity index (χ1) is 7.56. The number of aldehydes is 1. The molecule has 0 aliphatic rings. The molecule has 0 rings (SSSR count). The first kappa shape index (κ1) is 15.1. The molecule has 0 saturated carbocycles. The molecule has 0 heterocycles. The van der Waals surface area contributed by atoms with E-state index in [2.05, 4.69) is 10.6 Å². The molecule has 0 saturated heterocycles. The summed E-state index contributed by atoms with van der Waals surface area (Å²) in [6, 6.07) is -0.689. The van der Waals surface area contributed by atoms with Gasteiger partial charge in [-0.1, -0.05) is 13.8 Å². The number of carbonyl (C=O) groups excluding carboxylic acids is 2. The number of nitrogens with two attached hydrogens (primary N) is 1. The van der Waals surface area contributed by atoms with Crippen LogP contribution >= 0.6 is 0 Å². The molecule has 94 valence electrons. The van der Waals surface area contributed by atoms with Crippen LogP contribution in [0.15, 0.2) is 0 Å². The summed E-state index contributed by atoms with van der Waals surface area (Å²) in [5.74, 6) is 0.0541. The summed E-state index contributed by atoms with van der Waals surface area (Å²) in [7, 11) is 1.74. The molecule has 0 radical (unpaired) electrons. The maximum absolute atomic E-state index is 11.8. The molecule has 0 aliphatic carbocycles. The number of carbonyl (C=O) groups is 2. The van der Waals surface area contributed by atoms with Crippen LogP contribution in [0, 0.1) is 5.92 Å². The van der Waals surface area contributed by atoms with E-state index in [0.29, 0.717) is 13.0 Å². The average molecular weight is 229 g/mol. The molecule has 0 aromatic carbocycles. The van der Waals surface area contributed by atoms with Gasteiger partial charge in [-0.25, -0.2) is 0 Å². The highest BCUT2D eigenvalue weighted by atomic mass is 16.2. The number of likely N-dealkylation sites (N-methyl/N-ethyl adjacent to an activating group) is 1. The van der Waals surface area contributed by atoms with Gasteiger partial charge in [-0.3, -0.25) is 4.79 Å². The van der Waals surface area contributed by atoms with Gasteiger partial charge in [0.25, 0.3) is 0 Å². The first-order valence-corrected chi connectivity index (χ1v) is 5.69. The van der Waals surface area contributed by atoms with Crippen molar-refractivity contribution in [2.24, 2.45) is 11.7 Å². The maximum Gasteiger partial charge on any atom is 0.237 e. The van der Waals surface area contributed by atoms with Crippen LogP contribution in [-0.2, 0) is 9.59 Å². The van der Waals surface area contributed by atoms with E-state index in [0.717, 1.165) is 12.7 Å². The zero-order valence-electron chi connectivity index (χ0n) is 10.3. The van der Waals surface area contributed by atoms with Crippen LogP contribution in [0.25, 0.3) is 0 Å². The van der Waals surface area contributed by atoms with Crippen molar-refractivity contribution in [1.82, 2.24) is 10.6 Å². The second-order valence-corrected chi connectivity index (χ2v) is 4.19. The molecule has 2 unspecified atom stereocenters. The predicted octanol–water partition coefficient (Wildman–Crippen LogP) is -0.347. The summed E-state index contributed by atoms with van der Waals surface area (Å²) in [6.07, 6.45) is 2.09. The first-order valence-electron chi connectivity index (χ1n) is 5.69. The standard InChI is InChI=1S/C11H23N3O2/c1-8(2)10(13-3)11(16)14-9(7-15)5-4-6-12/h7-10,13H,4-6,12H2,1-3H3,(H,14,16). The minimum atomic E-state index is -0.425.